The number of thiazole rings is 1. The molecule has 0 radical (unpaired) electrons. The predicted molar refractivity (Wildman–Crippen MR) is 75.4 cm³/mol. The number of amides is 1. The Hall–Kier alpha value is -1.59. The standard InChI is InChI=1S/C12H12ClN3OS/c1-6-11(18-7(2)15-6)12(17)16-10-4-3-8(14)5-9(10)13/h3-5H,14H2,1-2H3,(H,16,17). The number of carbonyl (C=O) groups excluding carboxylic acids is 1. The van der Waals surface area contributed by atoms with Gasteiger partial charge in [-0.2, -0.15) is 0 Å². The Morgan fingerprint density at radius 2 is 2.17 bits per heavy atom. The van der Waals surface area contributed by atoms with Gasteiger partial charge in [-0.1, -0.05) is 11.6 Å². The van der Waals surface area contributed by atoms with Crippen LogP contribution in [0, 0.1) is 13.8 Å². The molecular formula is C12H12ClN3OS. The predicted octanol–water partition coefficient (Wildman–Crippen LogP) is 3.25. The van der Waals surface area contributed by atoms with Crippen molar-refractivity contribution in [3.05, 3.63) is 38.8 Å². The molecule has 1 aromatic heterocycles. The van der Waals surface area contributed by atoms with Crippen LogP contribution in [0.2, 0.25) is 5.02 Å². The number of benzene rings is 1. The van der Waals surface area contributed by atoms with Crippen molar-refractivity contribution in [1.29, 1.82) is 0 Å². The number of anilines is 2. The summed E-state index contributed by atoms with van der Waals surface area (Å²) < 4.78 is 0. The largest absolute Gasteiger partial charge is 0.399 e. The zero-order chi connectivity index (χ0) is 13.3. The van der Waals surface area contributed by atoms with Gasteiger partial charge in [-0.3, -0.25) is 4.79 Å². The fraction of sp³-hybridized carbons (Fsp3) is 0.167. The number of halogens is 1. The summed E-state index contributed by atoms with van der Waals surface area (Å²) in [5.41, 5.74) is 7.42. The van der Waals surface area contributed by atoms with Crippen molar-refractivity contribution in [1.82, 2.24) is 4.98 Å². The van der Waals surface area contributed by atoms with Crippen LogP contribution in [-0.4, -0.2) is 10.9 Å². The van der Waals surface area contributed by atoms with Gasteiger partial charge >= 0.3 is 0 Å². The molecule has 3 N–H and O–H groups in total. The molecule has 0 saturated carbocycles. The molecule has 1 amide bonds. The Morgan fingerprint density at radius 1 is 1.44 bits per heavy atom. The summed E-state index contributed by atoms with van der Waals surface area (Å²) in [7, 11) is 0. The van der Waals surface area contributed by atoms with Gasteiger partial charge in [0.15, 0.2) is 0 Å². The first-order chi connectivity index (χ1) is 8.47. The second kappa shape index (κ2) is 4.96. The highest BCUT2D eigenvalue weighted by Crippen LogP contribution is 2.26. The molecule has 0 bridgehead atoms. The van der Waals surface area contributed by atoms with Gasteiger partial charge in [0.05, 0.1) is 21.4 Å². The minimum atomic E-state index is -0.204. The van der Waals surface area contributed by atoms with Gasteiger partial charge in [0.25, 0.3) is 5.91 Å². The molecule has 0 atom stereocenters. The molecule has 0 saturated heterocycles. The molecule has 18 heavy (non-hydrogen) atoms. The summed E-state index contributed by atoms with van der Waals surface area (Å²) in [6.07, 6.45) is 0. The summed E-state index contributed by atoms with van der Waals surface area (Å²) in [4.78, 5) is 16.9. The molecule has 4 nitrogen and oxygen atoms in total. The zero-order valence-electron chi connectivity index (χ0n) is 9.95. The van der Waals surface area contributed by atoms with E-state index in [4.69, 9.17) is 17.3 Å². The minimum Gasteiger partial charge on any atom is -0.399 e. The van der Waals surface area contributed by atoms with Crippen molar-refractivity contribution >= 4 is 40.2 Å². The SMILES string of the molecule is Cc1nc(C)c(C(=O)Nc2ccc(N)cc2Cl)s1. The van der Waals surface area contributed by atoms with Crippen LogP contribution in [0.5, 0.6) is 0 Å². The van der Waals surface area contributed by atoms with Crippen LogP contribution in [0.3, 0.4) is 0 Å². The lowest BCUT2D eigenvalue weighted by molar-refractivity contribution is 0.103. The number of nitrogens with one attached hydrogen (secondary N) is 1. The summed E-state index contributed by atoms with van der Waals surface area (Å²) in [5.74, 6) is -0.204. The number of aryl methyl sites for hydroxylation is 2. The van der Waals surface area contributed by atoms with E-state index in [-0.39, 0.29) is 5.91 Å². The van der Waals surface area contributed by atoms with Crippen molar-refractivity contribution in [2.45, 2.75) is 13.8 Å². The van der Waals surface area contributed by atoms with Crippen LogP contribution in [0.1, 0.15) is 20.4 Å². The first kappa shape index (κ1) is 12.9. The maximum atomic E-state index is 12.1. The van der Waals surface area contributed by atoms with E-state index in [0.29, 0.717) is 21.3 Å². The molecule has 0 aliphatic heterocycles. The fourth-order valence-corrected chi connectivity index (χ4v) is 2.61. The van der Waals surface area contributed by atoms with Gasteiger partial charge in [0.2, 0.25) is 0 Å². The van der Waals surface area contributed by atoms with E-state index < -0.39 is 0 Å². The lowest BCUT2D eigenvalue weighted by Gasteiger charge is -2.06. The Bertz CT molecular complexity index is 609. The maximum absolute atomic E-state index is 12.1. The van der Waals surface area contributed by atoms with Crippen LogP contribution in [0.15, 0.2) is 18.2 Å². The van der Waals surface area contributed by atoms with Crippen molar-refractivity contribution < 1.29 is 4.79 Å². The molecule has 0 unspecified atom stereocenters. The number of hydrogen-bond donors (Lipinski definition) is 2. The number of carbonyl (C=O) groups is 1. The summed E-state index contributed by atoms with van der Waals surface area (Å²) >= 11 is 7.36. The Kier molecular flexibility index (Phi) is 3.54. The van der Waals surface area contributed by atoms with Gasteiger partial charge < -0.3 is 11.1 Å². The Morgan fingerprint density at radius 3 is 2.72 bits per heavy atom. The van der Waals surface area contributed by atoms with E-state index in [1.54, 1.807) is 18.2 Å². The molecule has 1 aromatic carbocycles. The molecular weight excluding hydrogens is 270 g/mol. The molecule has 0 spiro atoms. The smallest absolute Gasteiger partial charge is 0.267 e. The van der Waals surface area contributed by atoms with Gasteiger partial charge in [-0.25, -0.2) is 4.98 Å². The molecule has 1 heterocycles. The maximum Gasteiger partial charge on any atom is 0.267 e. The molecule has 6 heteroatoms. The van der Waals surface area contributed by atoms with Crippen LogP contribution in [0.4, 0.5) is 11.4 Å². The second-order valence-electron chi connectivity index (χ2n) is 3.84. The van der Waals surface area contributed by atoms with E-state index >= 15 is 0 Å². The van der Waals surface area contributed by atoms with Crippen LogP contribution < -0.4 is 11.1 Å². The van der Waals surface area contributed by atoms with E-state index in [0.717, 1.165) is 10.7 Å². The topological polar surface area (TPSA) is 68.0 Å². The number of nitrogens with zero attached hydrogens (tertiary/aromatic N) is 1. The first-order valence-electron chi connectivity index (χ1n) is 5.28. The highest BCUT2D eigenvalue weighted by Gasteiger charge is 2.14. The van der Waals surface area contributed by atoms with Gasteiger partial charge in [0.1, 0.15) is 4.88 Å². The lowest BCUT2D eigenvalue weighted by Crippen LogP contribution is -2.12. The van der Waals surface area contributed by atoms with Gasteiger partial charge in [0, 0.05) is 5.69 Å². The molecule has 0 fully saturated rings. The Balaban J connectivity index is 2.24. The van der Waals surface area contributed by atoms with Crippen molar-refractivity contribution in [3.8, 4) is 0 Å². The number of aromatic nitrogens is 1. The van der Waals surface area contributed by atoms with Gasteiger partial charge in [-0.15, -0.1) is 11.3 Å². The summed E-state index contributed by atoms with van der Waals surface area (Å²) in [6, 6.07) is 4.97. The van der Waals surface area contributed by atoms with Gasteiger partial charge in [-0.05, 0) is 32.0 Å². The van der Waals surface area contributed by atoms with Crippen LogP contribution >= 0.6 is 22.9 Å². The van der Waals surface area contributed by atoms with E-state index in [9.17, 15) is 4.79 Å². The summed E-state index contributed by atoms with van der Waals surface area (Å²) in [6.45, 7) is 3.67. The van der Waals surface area contributed by atoms with Crippen LogP contribution in [-0.2, 0) is 0 Å². The number of nitrogen functional groups attached to an aromatic ring is 1. The number of nitrogens with two attached hydrogens (primary N) is 1. The third kappa shape index (κ3) is 2.63. The quantitative estimate of drug-likeness (QED) is 0.830. The normalized spacial score (nSPS) is 10.4. The molecule has 0 aliphatic rings. The number of hydrogen-bond acceptors (Lipinski definition) is 4. The fourth-order valence-electron chi connectivity index (χ4n) is 1.55. The molecule has 2 rings (SSSR count). The lowest BCUT2D eigenvalue weighted by atomic mass is 10.2. The summed E-state index contributed by atoms with van der Waals surface area (Å²) in [5, 5.41) is 4.03. The third-order valence-electron chi connectivity index (χ3n) is 2.35. The van der Waals surface area contributed by atoms with Crippen molar-refractivity contribution in [2.24, 2.45) is 0 Å². The van der Waals surface area contributed by atoms with E-state index in [1.807, 2.05) is 13.8 Å². The second-order valence-corrected chi connectivity index (χ2v) is 5.45. The minimum absolute atomic E-state index is 0.204. The average Bonchev–Trinajstić information content (AvgIpc) is 2.62. The van der Waals surface area contributed by atoms with Crippen molar-refractivity contribution in [3.63, 3.8) is 0 Å². The average molecular weight is 282 g/mol. The third-order valence-corrected chi connectivity index (χ3v) is 3.74. The highest BCUT2D eigenvalue weighted by atomic mass is 35.5. The first-order valence-corrected chi connectivity index (χ1v) is 6.47. The van der Waals surface area contributed by atoms with Crippen molar-refractivity contribution in [2.75, 3.05) is 11.1 Å². The zero-order valence-corrected chi connectivity index (χ0v) is 11.5. The van der Waals surface area contributed by atoms with Crippen LogP contribution in [0.25, 0.3) is 0 Å². The highest BCUT2D eigenvalue weighted by molar-refractivity contribution is 7.13. The van der Waals surface area contributed by atoms with E-state index in [2.05, 4.69) is 10.3 Å². The molecule has 94 valence electrons. The number of rotatable bonds is 2. The molecule has 2 aromatic rings. The van der Waals surface area contributed by atoms with E-state index in [1.165, 1.54) is 11.3 Å². The molecule has 0 aliphatic carbocycles. The monoisotopic (exact) mass is 281 g/mol. The Labute approximate surface area is 114 Å².